The Kier molecular flexibility index (Phi) is 5.08. The van der Waals surface area contributed by atoms with Crippen molar-refractivity contribution >= 4 is 16.6 Å². The van der Waals surface area contributed by atoms with Crippen molar-refractivity contribution < 1.29 is 9.13 Å². The quantitative estimate of drug-likeness (QED) is 0.395. The fourth-order valence-electron chi connectivity index (χ4n) is 5.60. The van der Waals surface area contributed by atoms with E-state index in [4.69, 9.17) is 17.2 Å². The molecule has 5 rings (SSSR count). The lowest BCUT2D eigenvalue weighted by Gasteiger charge is -2.26. The van der Waals surface area contributed by atoms with E-state index < -0.39 is 17.1 Å². The van der Waals surface area contributed by atoms with Gasteiger partial charge < -0.3 is 25.6 Å². The van der Waals surface area contributed by atoms with Crippen molar-refractivity contribution in [2.75, 3.05) is 44.0 Å². The van der Waals surface area contributed by atoms with E-state index in [-0.39, 0.29) is 17.2 Å². The van der Waals surface area contributed by atoms with Gasteiger partial charge in [0.15, 0.2) is 11.6 Å². The lowest BCUT2D eigenvalue weighted by molar-refractivity contribution is 0.395. The Morgan fingerprint density at radius 3 is 2.75 bits per heavy atom. The van der Waals surface area contributed by atoms with Crippen LogP contribution in [0.4, 0.5) is 10.1 Å². The van der Waals surface area contributed by atoms with Gasteiger partial charge in [-0.15, -0.1) is 0 Å². The van der Waals surface area contributed by atoms with Crippen molar-refractivity contribution in [3.8, 4) is 5.75 Å². The number of fused-ring (bicyclic) bond motifs is 2. The van der Waals surface area contributed by atoms with Crippen LogP contribution in [0.1, 0.15) is 31.7 Å². The molecule has 3 aliphatic rings. The first kappa shape index (κ1) is 20.8. The highest BCUT2D eigenvalue weighted by molar-refractivity contribution is 5.91. The summed E-state index contributed by atoms with van der Waals surface area (Å²) in [5.41, 5.74) is -0.708. The molecule has 0 bridgehead atoms. The molecule has 1 aromatic heterocycles. The van der Waals surface area contributed by atoms with Crippen molar-refractivity contribution in [2.24, 2.45) is 11.8 Å². The van der Waals surface area contributed by atoms with E-state index in [1.54, 1.807) is 0 Å². The third-order valence-electron chi connectivity index (χ3n) is 7.20. The fourth-order valence-corrected chi connectivity index (χ4v) is 5.60. The molecule has 10 heteroatoms. The molecule has 0 spiro atoms. The van der Waals surface area contributed by atoms with Gasteiger partial charge in [-0.1, -0.05) is 0 Å². The maximum absolute atomic E-state index is 15.5. The van der Waals surface area contributed by atoms with E-state index in [1.165, 1.54) is 17.7 Å². The van der Waals surface area contributed by atoms with Gasteiger partial charge in [0.25, 0.3) is 5.56 Å². The summed E-state index contributed by atoms with van der Waals surface area (Å²) in [6.07, 6.45) is 3.69. The monoisotopic (exact) mass is 442 g/mol. The molecule has 1 aliphatic heterocycles. The molecule has 3 fully saturated rings. The maximum atomic E-state index is 15.5. The molecule has 3 N–H and O–H groups in total. The largest absolute Gasteiger partial charge is 0.492 e. The second-order valence-electron chi connectivity index (χ2n) is 9.04. The van der Waals surface area contributed by atoms with Crippen molar-refractivity contribution in [3.05, 3.63) is 44.1 Å². The second kappa shape index (κ2) is 7.81. The Bertz CT molecular complexity index is 1230. The summed E-state index contributed by atoms with van der Waals surface area (Å²) in [5, 5.41) is 3.53. The van der Waals surface area contributed by atoms with Crippen LogP contribution in [0.2, 0.25) is 0 Å². The molecule has 1 saturated heterocycles. The number of ether oxygens (including phenoxy) is 1. The highest BCUT2D eigenvalue weighted by Gasteiger charge is 2.44. The minimum absolute atomic E-state index is 0.0511. The molecule has 3 atom stereocenters. The third kappa shape index (κ3) is 3.14. The van der Waals surface area contributed by atoms with Crippen LogP contribution in [0, 0.1) is 24.2 Å². The third-order valence-corrected chi connectivity index (χ3v) is 7.20. The predicted molar refractivity (Wildman–Crippen MR) is 119 cm³/mol. The van der Waals surface area contributed by atoms with E-state index in [0.717, 1.165) is 25.7 Å². The number of anilines is 1. The van der Waals surface area contributed by atoms with Crippen molar-refractivity contribution in [2.45, 2.75) is 37.8 Å². The SMILES string of the molecule is [C-]#[N+]CCNC1CCC2CN(c3c(F)cc4c(=O)n(N)c(=O)n(C5CC5)c4c3OC)CC21. The molecule has 170 valence electrons. The molecular formula is C22H27FN6O3. The number of hydrogen-bond donors (Lipinski definition) is 2. The van der Waals surface area contributed by atoms with Gasteiger partial charge in [0, 0.05) is 25.2 Å². The lowest BCUT2D eigenvalue weighted by Crippen LogP contribution is -2.44. The molecule has 32 heavy (non-hydrogen) atoms. The van der Waals surface area contributed by atoms with Crippen LogP contribution < -0.4 is 32.0 Å². The van der Waals surface area contributed by atoms with E-state index in [2.05, 4.69) is 10.2 Å². The fraction of sp³-hybridized carbons (Fsp3) is 0.591. The number of nitrogens with zero attached hydrogens (tertiary/aromatic N) is 4. The Hall–Kier alpha value is -3.06. The number of benzene rings is 1. The van der Waals surface area contributed by atoms with Crippen LogP contribution in [0.25, 0.3) is 15.7 Å². The molecule has 1 aromatic carbocycles. The summed E-state index contributed by atoms with van der Waals surface area (Å²) in [6.45, 7) is 9.41. The molecule has 2 aromatic rings. The van der Waals surface area contributed by atoms with Crippen molar-refractivity contribution in [3.63, 3.8) is 0 Å². The summed E-state index contributed by atoms with van der Waals surface area (Å²) in [7, 11) is 1.44. The van der Waals surface area contributed by atoms with Crippen LogP contribution in [0.3, 0.4) is 0 Å². The molecule has 0 radical (unpaired) electrons. The molecule has 3 unspecified atom stereocenters. The zero-order valence-electron chi connectivity index (χ0n) is 18.0. The molecule has 2 aliphatic carbocycles. The summed E-state index contributed by atoms with van der Waals surface area (Å²) < 4.78 is 23.2. The van der Waals surface area contributed by atoms with Gasteiger partial charge in [0.05, 0.1) is 19.0 Å². The van der Waals surface area contributed by atoms with Crippen LogP contribution in [0.5, 0.6) is 5.75 Å². The summed E-state index contributed by atoms with van der Waals surface area (Å²) in [6, 6.07) is 1.42. The number of rotatable bonds is 6. The Morgan fingerprint density at radius 2 is 2.06 bits per heavy atom. The topological polar surface area (TPSA) is 98.9 Å². The van der Waals surface area contributed by atoms with Crippen LogP contribution in [-0.2, 0) is 0 Å². The van der Waals surface area contributed by atoms with Gasteiger partial charge in [-0.3, -0.25) is 9.36 Å². The van der Waals surface area contributed by atoms with Crippen LogP contribution >= 0.6 is 0 Å². The zero-order valence-corrected chi connectivity index (χ0v) is 18.0. The number of aromatic nitrogens is 2. The first-order valence-electron chi connectivity index (χ1n) is 11.1. The average molecular weight is 442 g/mol. The molecule has 2 heterocycles. The Labute approximate surface area is 184 Å². The average Bonchev–Trinajstić information content (AvgIpc) is 3.42. The lowest BCUT2D eigenvalue weighted by atomic mass is 9.98. The number of nitrogens with two attached hydrogens (primary N) is 1. The Morgan fingerprint density at radius 1 is 1.28 bits per heavy atom. The first-order valence-corrected chi connectivity index (χ1v) is 11.1. The molecular weight excluding hydrogens is 415 g/mol. The van der Waals surface area contributed by atoms with Crippen LogP contribution in [0.15, 0.2) is 15.7 Å². The summed E-state index contributed by atoms with van der Waals surface area (Å²) >= 11 is 0. The predicted octanol–water partition coefficient (Wildman–Crippen LogP) is 1.08. The first-order chi connectivity index (χ1) is 15.5. The smallest absolute Gasteiger partial charge is 0.350 e. The summed E-state index contributed by atoms with van der Waals surface area (Å²) in [5.74, 6) is 6.16. The Balaban J connectivity index is 1.59. The highest BCUT2D eigenvalue weighted by Crippen LogP contribution is 2.46. The van der Waals surface area contributed by atoms with E-state index in [1.807, 2.05) is 4.90 Å². The van der Waals surface area contributed by atoms with Gasteiger partial charge >= 0.3 is 5.69 Å². The number of hydrogen-bond acceptors (Lipinski definition) is 6. The van der Waals surface area contributed by atoms with Crippen molar-refractivity contribution in [1.29, 1.82) is 0 Å². The van der Waals surface area contributed by atoms with Gasteiger partial charge in [-0.05, 0) is 43.6 Å². The second-order valence-corrected chi connectivity index (χ2v) is 9.04. The van der Waals surface area contributed by atoms with E-state index in [9.17, 15) is 9.59 Å². The standard InChI is InChI=1S/C22H27FN6O3/c1-25-7-8-26-17-6-3-12-10-27(11-15(12)17)19-16(23)9-14-18(20(19)32-2)28(13-4-5-13)22(31)29(24)21(14)30/h9,12-13,15,17,26H,3-8,10-11,24H2,2H3. The van der Waals surface area contributed by atoms with Gasteiger partial charge in [-0.2, -0.15) is 4.68 Å². The number of methoxy groups -OCH3 is 1. The molecule has 9 nitrogen and oxygen atoms in total. The maximum Gasteiger partial charge on any atom is 0.350 e. The molecule has 0 amide bonds. The van der Waals surface area contributed by atoms with E-state index in [0.29, 0.717) is 59.9 Å². The van der Waals surface area contributed by atoms with Gasteiger partial charge in [0.2, 0.25) is 6.54 Å². The minimum atomic E-state index is -0.729. The van der Waals surface area contributed by atoms with Crippen molar-refractivity contribution in [1.82, 2.24) is 14.6 Å². The highest BCUT2D eigenvalue weighted by atomic mass is 19.1. The number of nitrogens with one attached hydrogen (secondary N) is 1. The minimum Gasteiger partial charge on any atom is -0.492 e. The molecule has 2 saturated carbocycles. The van der Waals surface area contributed by atoms with E-state index >= 15 is 4.39 Å². The normalized spacial score (nSPS) is 24.7. The summed E-state index contributed by atoms with van der Waals surface area (Å²) in [4.78, 5) is 30.9. The number of nitrogen functional groups attached to an aromatic ring is 1. The van der Waals surface area contributed by atoms with Gasteiger partial charge in [-0.25, -0.2) is 15.8 Å². The van der Waals surface area contributed by atoms with Crippen LogP contribution in [-0.4, -0.2) is 48.6 Å². The zero-order chi connectivity index (χ0) is 22.6. The number of halogens is 1. The van der Waals surface area contributed by atoms with Gasteiger partial charge in [0.1, 0.15) is 11.2 Å².